The molecule has 0 fully saturated rings. The second kappa shape index (κ2) is 11.5. The molecule has 2 atom stereocenters. The Morgan fingerprint density at radius 3 is 1.69 bits per heavy atom. The normalized spacial score (nSPS) is 17.9. The van der Waals surface area contributed by atoms with Gasteiger partial charge in [-0.05, 0) is 140 Å². The summed E-state index contributed by atoms with van der Waals surface area (Å²) >= 11 is 0. The number of benzene rings is 13. The van der Waals surface area contributed by atoms with E-state index in [9.17, 15) is 0 Å². The minimum absolute atomic E-state index is 0.000748. The topological polar surface area (TPSA) is 53.0 Å². The molecule has 0 saturated carbocycles. The van der Waals surface area contributed by atoms with Gasteiger partial charge in [-0.25, -0.2) is 0 Å². The van der Waals surface area contributed by atoms with Crippen molar-refractivity contribution < 1.29 is 9.59 Å². The van der Waals surface area contributed by atoms with Gasteiger partial charge in [0.25, 0.3) is 11.8 Å². The molecular formula is C63H33N3O2. The van der Waals surface area contributed by atoms with E-state index in [0.717, 1.165) is 95.4 Å². The number of nitrogens with zero attached hydrogens (tertiary/aromatic N) is 3. The number of hydrogen-bond donors (Lipinski definition) is 0. The fraction of sp³-hybridized carbons (Fsp3) is 0.0635. The Morgan fingerprint density at radius 1 is 0.456 bits per heavy atom. The molecule has 0 aromatic heterocycles. The standard InChI is InChI=1S/C63H33N3O2/c67-62-46-25-21-42-38-17-16-37-41-20-24-45-59-47(63(68)66-60-35-12-4-2-8-31(35)28-33-9-5-13-49(53(33)60)64-61(45)66)26-22-43(57(41)59)39-18-15-36(54(38)55(37)39)40-19-23-44(58(46)56(40)42)51-29-48-34-11-3-1-7-30(34)27-32-10-6-14-50(52(32)48)65(51)62/h1-12,14-28,51,61H,13,29H2. The zero-order valence-corrected chi connectivity index (χ0v) is 36.3. The lowest BCUT2D eigenvalue weighted by Gasteiger charge is -2.42. The van der Waals surface area contributed by atoms with Crippen molar-refractivity contribution >= 4 is 143 Å². The van der Waals surface area contributed by atoms with Crippen LogP contribution in [0.3, 0.4) is 0 Å². The van der Waals surface area contributed by atoms with E-state index in [0.29, 0.717) is 0 Å². The van der Waals surface area contributed by atoms with Gasteiger partial charge in [0.2, 0.25) is 0 Å². The zero-order chi connectivity index (χ0) is 44.0. The Kier molecular flexibility index (Phi) is 5.84. The fourth-order valence-electron chi connectivity index (χ4n) is 14.3. The van der Waals surface area contributed by atoms with Crippen LogP contribution in [-0.2, 0) is 6.42 Å². The number of carbonyl (C=O) groups excluding carboxylic acids is 2. The summed E-state index contributed by atoms with van der Waals surface area (Å²) in [7, 11) is 0. The van der Waals surface area contributed by atoms with Crippen molar-refractivity contribution in [3.05, 3.63) is 197 Å². The maximum Gasteiger partial charge on any atom is 0.261 e. The Balaban J connectivity index is 0.873. The molecular weight excluding hydrogens is 831 g/mol. The van der Waals surface area contributed by atoms with Crippen LogP contribution in [0.1, 0.15) is 67.2 Å². The van der Waals surface area contributed by atoms with Gasteiger partial charge in [0, 0.05) is 50.2 Å². The first-order chi connectivity index (χ1) is 33.6. The first-order valence-corrected chi connectivity index (χ1v) is 23.8. The Hall–Kier alpha value is -8.67. The van der Waals surface area contributed by atoms with Crippen molar-refractivity contribution in [3.63, 3.8) is 0 Å². The first-order valence-electron chi connectivity index (χ1n) is 23.8. The third-order valence-corrected chi connectivity index (χ3v) is 16.9. The van der Waals surface area contributed by atoms with Crippen LogP contribution in [0.4, 0.5) is 11.4 Å². The van der Waals surface area contributed by atoms with Crippen molar-refractivity contribution in [2.45, 2.75) is 25.0 Å². The van der Waals surface area contributed by atoms with Gasteiger partial charge in [-0.15, -0.1) is 0 Å². The lowest BCUT2D eigenvalue weighted by atomic mass is 9.77. The zero-order valence-electron chi connectivity index (χ0n) is 36.3. The van der Waals surface area contributed by atoms with E-state index in [1.165, 1.54) is 81.1 Å². The number of hydrogen-bond acceptors (Lipinski definition) is 3. The lowest BCUT2D eigenvalue weighted by Crippen LogP contribution is -2.41. The molecule has 5 nitrogen and oxygen atoms in total. The fourth-order valence-corrected chi connectivity index (χ4v) is 14.3. The highest BCUT2D eigenvalue weighted by molar-refractivity contribution is 6.44. The van der Waals surface area contributed by atoms with Gasteiger partial charge < -0.3 is 0 Å². The minimum Gasteiger partial charge on any atom is -0.300 e. The largest absolute Gasteiger partial charge is 0.300 e. The van der Waals surface area contributed by atoms with Crippen LogP contribution in [0.2, 0.25) is 0 Å². The van der Waals surface area contributed by atoms with Crippen LogP contribution in [-0.4, -0.2) is 17.5 Å². The number of fused-ring (bicyclic) bond motifs is 14. The number of carbonyl (C=O) groups is 2. The molecule has 18 rings (SSSR count). The van der Waals surface area contributed by atoms with E-state index >= 15 is 9.59 Å². The van der Waals surface area contributed by atoms with Gasteiger partial charge in [-0.1, -0.05) is 133 Å². The lowest BCUT2D eigenvalue weighted by molar-refractivity contribution is 0.0966. The van der Waals surface area contributed by atoms with Gasteiger partial charge in [-0.2, -0.15) is 0 Å². The summed E-state index contributed by atoms with van der Waals surface area (Å²) in [5, 5.41) is 23.4. The molecule has 0 saturated heterocycles. The number of amides is 2. The van der Waals surface area contributed by atoms with Crippen molar-refractivity contribution in [1.82, 2.24) is 0 Å². The average Bonchev–Trinajstić information content (AvgIpc) is 3.38. The summed E-state index contributed by atoms with van der Waals surface area (Å²) in [4.78, 5) is 39.8. The van der Waals surface area contributed by atoms with Crippen LogP contribution >= 0.6 is 0 Å². The summed E-state index contributed by atoms with van der Waals surface area (Å²) in [6, 6.07) is 55.0. The molecule has 0 spiro atoms. The molecule has 0 radical (unpaired) electrons. The number of aliphatic imine (C=N–C) groups is 1. The molecule has 0 N–H and O–H groups in total. The Labute approximate surface area is 387 Å². The van der Waals surface area contributed by atoms with Crippen molar-refractivity contribution in [2.75, 3.05) is 9.80 Å². The Morgan fingerprint density at radius 2 is 1.00 bits per heavy atom. The van der Waals surface area contributed by atoms with Gasteiger partial charge in [0.1, 0.15) is 0 Å². The van der Waals surface area contributed by atoms with Crippen LogP contribution in [0.5, 0.6) is 0 Å². The summed E-state index contributed by atoms with van der Waals surface area (Å²) in [6.45, 7) is 0. The summed E-state index contributed by atoms with van der Waals surface area (Å²) in [5.74, 6) is 0.0726. The molecule has 0 bridgehead atoms. The van der Waals surface area contributed by atoms with E-state index in [2.05, 4.69) is 169 Å². The number of allylic oxidation sites excluding steroid dienone is 1. The molecule has 5 heteroatoms. The quantitative estimate of drug-likeness (QED) is 0.113. The third kappa shape index (κ3) is 3.78. The third-order valence-electron chi connectivity index (χ3n) is 16.9. The maximum atomic E-state index is 15.2. The molecule has 4 aliphatic heterocycles. The highest BCUT2D eigenvalue weighted by atomic mass is 16.2. The predicted molar refractivity (Wildman–Crippen MR) is 280 cm³/mol. The van der Waals surface area contributed by atoms with Crippen molar-refractivity contribution in [1.29, 1.82) is 0 Å². The maximum absolute atomic E-state index is 15.2. The van der Waals surface area contributed by atoms with Gasteiger partial charge in [0.15, 0.2) is 6.17 Å². The van der Waals surface area contributed by atoms with E-state index in [4.69, 9.17) is 4.99 Å². The molecule has 13 aromatic carbocycles. The molecule has 5 aliphatic rings. The number of anilines is 2. The van der Waals surface area contributed by atoms with E-state index in [-0.39, 0.29) is 17.9 Å². The molecule has 2 unspecified atom stereocenters. The van der Waals surface area contributed by atoms with E-state index in [1.807, 2.05) is 4.90 Å². The molecule has 4 heterocycles. The highest BCUT2D eigenvalue weighted by Crippen LogP contribution is 2.56. The molecule has 312 valence electrons. The summed E-state index contributed by atoms with van der Waals surface area (Å²) < 4.78 is 0. The summed E-state index contributed by atoms with van der Waals surface area (Å²) in [6.07, 6.45) is 5.42. The van der Waals surface area contributed by atoms with Crippen LogP contribution in [0, 0.1) is 0 Å². The van der Waals surface area contributed by atoms with Gasteiger partial charge >= 0.3 is 0 Å². The first kappa shape index (κ1) is 34.6. The molecule has 2 amide bonds. The molecule has 68 heavy (non-hydrogen) atoms. The summed E-state index contributed by atoms with van der Waals surface area (Å²) in [5.41, 5.74) is 10.3. The predicted octanol–water partition coefficient (Wildman–Crippen LogP) is 15.2. The number of rotatable bonds is 0. The highest BCUT2D eigenvalue weighted by Gasteiger charge is 2.43. The molecule has 1 aliphatic carbocycles. The van der Waals surface area contributed by atoms with Crippen LogP contribution in [0.25, 0.3) is 114 Å². The molecule has 13 aromatic rings. The van der Waals surface area contributed by atoms with Crippen molar-refractivity contribution in [2.24, 2.45) is 4.99 Å². The SMILES string of the molecule is O=C1c2ccc3c4ccc5c6ccc7c8c(ccc(c9ccc(c%10ccc(c2c%103)C2Cc3c%10ccccc%10cc%10cccc(c3%10)N12)c4c95)c86)C(=O)N1c2c3c(cc4ccccc24)C=CCC3=NC71. The Bertz CT molecular complexity index is 4680. The van der Waals surface area contributed by atoms with Crippen molar-refractivity contribution in [3.8, 4) is 0 Å². The van der Waals surface area contributed by atoms with Crippen LogP contribution in [0.15, 0.2) is 163 Å². The average molecular weight is 864 g/mol. The second-order valence-electron chi connectivity index (χ2n) is 19.8. The van der Waals surface area contributed by atoms with Gasteiger partial charge in [-0.3, -0.25) is 24.4 Å². The van der Waals surface area contributed by atoms with E-state index in [1.54, 1.807) is 0 Å². The second-order valence-corrected chi connectivity index (χ2v) is 19.8. The smallest absolute Gasteiger partial charge is 0.261 e. The van der Waals surface area contributed by atoms with Crippen LogP contribution < -0.4 is 9.80 Å². The van der Waals surface area contributed by atoms with E-state index < -0.39 is 6.17 Å². The minimum atomic E-state index is -0.460. The monoisotopic (exact) mass is 863 g/mol. The van der Waals surface area contributed by atoms with Gasteiger partial charge in [0.05, 0.1) is 23.1 Å².